The average Bonchev–Trinajstić information content (AvgIpc) is 3.41. The Kier molecular flexibility index (Phi) is 17.1. The summed E-state index contributed by atoms with van der Waals surface area (Å²) in [4.78, 5) is 0. The van der Waals surface area contributed by atoms with Crippen LogP contribution < -0.4 is 52.8 Å². The van der Waals surface area contributed by atoms with Gasteiger partial charge in [0.05, 0.1) is 0 Å². The summed E-state index contributed by atoms with van der Waals surface area (Å²) in [6.07, 6.45) is 11.2. The van der Waals surface area contributed by atoms with E-state index in [1.54, 1.807) is 26.3 Å². The Morgan fingerprint density at radius 1 is 0.545 bits per heavy atom. The standard InChI is InChI=1S/C39H51Si.3ClH.Ti/c1-9-28(8)38-17-16-18-39(38)40(35-22-29(10-2)19-30(11-3)23-35,36-24-31(12-4)20-32(13-5)25-36)37-26-33(14-6)21-34(15-7)27-37;;;;/h16,19-28H,9-15,18H2,1-8H3;3*1H;/q;;;;+3/p-3. The van der Waals surface area contributed by atoms with Crippen LogP contribution in [-0.4, -0.2) is 8.07 Å². The van der Waals surface area contributed by atoms with Crippen LogP contribution in [0.5, 0.6) is 0 Å². The molecule has 4 rings (SSSR count). The minimum absolute atomic E-state index is 0. The van der Waals surface area contributed by atoms with Crippen molar-refractivity contribution in [3.63, 3.8) is 0 Å². The molecule has 0 saturated carbocycles. The van der Waals surface area contributed by atoms with E-state index in [1.807, 2.05) is 0 Å². The monoisotopic (exact) mass is 700 g/mol. The van der Waals surface area contributed by atoms with Crippen LogP contribution >= 0.6 is 0 Å². The molecule has 0 heterocycles. The van der Waals surface area contributed by atoms with Crippen LogP contribution in [0.4, 0.5) is 0 Å². The predicted octanol–water partition coefficient (Wildman–Crippen LogP) is -0.740. The Bertz CT molecular complexity index is 1250. The molecule has 0 amide bonds. The Balaban J connectivity index is 0.00000323. The van der Waals surface area contributed by atoms with E-state index in [2.05, 4.69) is 136 Å². The van der Waals surface area contributed by atoms with Crippen LogP contribution in [0.3, 0.4) is 0 Å². The minimum atomic E-state index is -2.63. The summed E-state index contributed by atoms with van der Waals surface area (Å²) in [6, 6.07) is 23.1. The molecule has 1 unspecified atom stereocenters. The number of hydrogen-bond donors (Lipinski definition) is 0. The summed E-state index contributed by atoms with van der Waals surface area (Å²) < 4.78 is 1.51. The van der Waals surface area contributed by atoms with E-state index in [9.17, 15) is 0 Å². The minimum Gasteiger partial charge on any atom is -1.00 e. The number of allylic oxidation sites excluding steroid dienone is 4. The molecule has 0 saturated heterocycles. The van der Waals surface area contributed by atoms with Gasteiger partial charge in [0.15, 0.2) is 0 Å². The molecule has 1 aliphatic rings. The van der Waals surface area contributed by atoms with Crippen LogP contribution in [0.25, 0.3) is 0 Å². The molecule has 0 radical (unpaired) electrons. The molecule has 0 fully saturated rings. The van der Waals surface area contributed by atoms with Gasteiger partial charge in [-0.2, -0.15) is 0 Å². The van der Waals surface area contributed by atoms with Gasteiger partial charge in [0.25, 0.3) is 0 Å². The van der Waals surface area contributed by atoms with Crippen LogP contribution in [0.15, 0.2) is 75.3 Å². The van der Waals surface area contributed by atoms with E-state index in [1.165, 1.54) is 43.7 Å². The van der Waals surface area contributed by atoms with Crippen molar-refractivity contribution in [3.05, 3.63) is 109 Å². The fourth-order valence-corrected chi connectivity index (χ4v) is 13.5. The van der Waals surface area contributed by atoms with Crippen molar-refractivity contribution in [2.75, 3.05) is 0 Å². The summed E-state index contributed by atoms with van der Waals surface area (Å²) in [5.74, 6) is 0.552. The second-order valence-electron chi connectivity index (χ2n) is 12.0. The van der Waals surface area contributed by atoms with Gasteiger partial charge in [0.1, 0.15) is 0 Å². The quantitative estimate of drug-likeness (QED) is 0.173. The van der Waals surface area contributed by atoms with Crippen molar-refractivity contribution < 1.29 is 57.7 Å². The van der Waals surface area contributed by atoms with E-state index >= 15 is 0 Å². The summed E-state index contributed by atoms with van der Waals surface area (Å²) in [7, 11) is -2.63. The normalized spacial score (nSPS) is 13.5. The zero-order valence-electron chi connectivity index (χ0n) is 28.1. The van der Waals surface area contributed by atoms with Crippen molar-refractivity contribution in [3.8, 4) is 0 Å². The van der Waals surface area contributed by atoms with Gasteiger partial charge in [-0.3, -0.25) is 0 Å². The van der Waals surface area contributed by atoms with Crippen molar-refractivity contribution in [2.45, 2.75) is 107 Å². The van der Waals surface area contributed by atoms with Gasteiger partial charge < -0.3 is 37.2 Å². The fourth-order valence-electron chi connectivity index (χ4n) is 6.89. The second kappa shape index (κ2) is 18.3. The number of halogens is 3. The third-order valence-corrected chi connectivity index (χ3v) is 15.2. The van der Waals surface area contributed by atoms with Gasteiger partial charge in [0, 0.05) is 0 Å². The van der Waals surface area contributed by atoms with Crippen molar-refractivity contribution in [1.29, 1.82) is 0 Å². The largest absolute Gasteiger partial charge is 1.00 e. The maximum absolute atomic E-state index is 2.63. The van der Waals surface area contributed by atoms with E-state index in [-0.39, 0.29) is 37.2 Å². The number of rotatable bonds is 12. The molecule has 1 atom stereocenters. The fraction of sp³-hybridized carbons (Fsp3) is 0.436. The molecule has 1 aliphatic carbocycles. The third kappa shape index (κ3) is 8.07. The van der Waals surface area contributed by atoms with Crippen molar-refractivity contribution in [1.82, 2.24) is 0 Å². The maximum atomic E-state index is 2.62. The molecule has 0 N–H and O–H groups in total. The first-order valence-corrected chi connectivity index (χ1v) is 19.1. The van der Waals surface area contributed by atoms with E-state index in [0.29, 0.717) is 5.92 Å². The molecule has 3 aromatic rings. The van der Waals surface area contributed by atoms with E-state index in [0.717, 1.165) is 44.9 Å². The van der Waals surface area contributed by atoms with E-state index in [4.69, 9.17) is 0 Å². The van der Waals surface area contributed by atoms with Gasteiger partial charge in [-0.05, 0) is 0 Å². The predicted molar refractivity (Wildman–Crippen MR) is 179 cm³/mol. The van der Waals surface area contributed by atoms with Crippen molar-refractivity contribution >= 4 is 23.6 Å². The van der Waals surface area contributed by atoms with Crippen LogP contribution in [0.1, 0.15) is 102 Å². The van der Waals surface area contributed by atoms with Gasteiger partial charge >= 0.3 is 265 Å². The molecule has 0 spiro atoms. The number of hydrogen-bond acceptors (Lipinski definition) is 0. The Morgan fingerprint density at radius 3 is 1.09 bits per heavy atom. The topological polar surface area (TPSA) is 0 Å². The van der Waals surface area contributed by atoms with Gasteiger partial charge in [-0.25, -0.2) is 0 Å². The smallest absolute Gasteiger partial charge is 1.00 e. The molecule has 0 bridgehead atoms. The van der Waals surface area contributed by atoms with Crippen LogP contribution in [0, 0.1) is 5.92 Å². The molecule has 236 valence electrons. The first kappa shape index (κ1) is 41.0. The van der Waals surface area contributed by atoms with Gasteiger partial charge in [0.2, 0.25) is 0 Å². The molecular formula is C39H51Cl3SiTi. The molecule has 44 heavy (non-hydrogen) atoms. The van der Waals surface area contributed by atoms with Gasteiger partial charge in [-0.15, -0.1) is 0 Å². The number of aryl methyl sites for hydroxylation is 6. The van der Waals surface area contributed by atoms with Crippen LogP contribution in [0.2, 0.25) is 0 Å². The second-order valence-corrected chi connectivity index (χ2v) is 16.7. The first-order valence-electron chi connectivity index (χ1n) is 16.3. The van der Waals surface area contributed by atoms with Gasteiger partial charge in [-0.1, -0.05) is 0 Å². The zero-order valence-corrected chi connectivity index (χ0v) is 33.0. The molecule has 5 heteroatoms. The van der Waals surface area contributed by atoms with Crippen molar-refractivity contribution in [2.24, 2.45) is 5.92 Å². The summed E-state index contributed by atoms with van der Waals surface area (Å²) in [5, 5.41) is 6.53. The maximum Gasteiger partial charge on any atom is -1.00 e. The molecule has 0 nitrogen and oxygen atoms in total. The summed E-state index contributed by atoms with van der Waals surface area (Å²) >= 11 is 2.38. The summed E-state index contributed by atoms with van der Waals surface area (Å²) in [5.41, 5.74) is 10.5. The molecule has 0 aliphatic heterocycles. The number of benzene rings is 3. The Morgan fingerprint density at radius 2 is 0.841 bits per heavy atom. The molecule has 0 aromatic heterocycles. The third-order valence-electron chi connectivity index (χ3n) is 9.59. The Labute approximate surface area is 300 Å². The SMILES string of the molecule is CCc1cc(CC)cc([Si](C2=C(C(C)CC)[C]([Ti+3])=CC2)(c2cc(CC)cc(CC)c2)c2cc(CC)cc(CC)c2)c1.[Cl-].[Cl-].[Cl-]. The average molecular weight is 702 g/mol. The van der Waals surface area contributed by atoms with Crippen LogP contribution in [-0.2, 0) is 59.0 Å². The molecule has 3 aromatic carbocycles. The first-order chi connectivity index (χ1) is 19.8. The summed E-state index contributed by atoms with van der Waals surface area (Å²) in [6.45, 7) is 18.8. The Hall–Kier alpha value is -1.06. The zero-order chi connectivity index (χ0) is 29.7. The van der Waals surface area contributed by atoms with E-state index < -0.39 is 8.07 Å². The molecular weight excluding hydrogens is 651 g/mol.